The number of hydrogen-bond acceptors (Lipinski definition) is 2. The largest absolute Gasteiger partial charge is 0.469 e. The van der Waals surface area contributed by atoms with Crippen molar-refractivity contribution in [1.82, 2.24) is 0 Å². The molecule has 27 heavy (non-hydrogen) atoms. The van der Waals surface area contributed by atoms with Gasteiger partial charge in [-0.2, -0.15) is 0 Å². The molecule has 1 rings (SSSR count). The quantitative estimate of drug-likeness (QED) is 0.205. The molecule has 0 fully saturated rings. The predicted molar refractivity (Wildman–Crippen MR) is 116 cm³/mol. The minimum absolute atomic E-state index is 0.101. The van der Waals surface area contributed by atoms with E-state index < -0.39 is 0 Å². The molecule has 0 amide bonds. The van der Waals surface area contributed by atoms with Gasteiger partial charge < -0.3 is 4.74 Å². The van der Waals surface area contributed by atoms with Crippen molar-refractivity contribution in [3.63, 3.8) is 0 Å². The number of benzene rings is 1. The van der Waals surface area contributed by atoms with Crippen molar-refractivity contribution in [2.45, 2.75) is 109 Å². The van der Waals surface area contributed by atoms with Gasteiger partial charge in [-0.1, -0.05) is 127 Å². The lowest BCUT2D eigenvalue weighted by Crippen LogP contribution is -2.14. The van der Waals surface area contributed by atoms with E-state index in [0.29, 0.717) is 0 Å². The van der Waals surface area contributed by atoms with Crippen molar-refractivity contribution in [1.29, 1.82) is 0 Å². The van der Waals surface area contributed by atoms with E-state index in [9.17, 15) is 4.79 Å². The van der Waals surface area contributed by atoms with Crippen LogP contribution in [0.2, 0.25) is 0 Å². The van der Waals surface area contributed by atoms with Crippen LogP contribution in [-0.4, -0.2) is 13.1 Å². The standard InChI is InChI=1S/C25H42O2/c1-3-4-5-6-7-8-9-10-11-12-13-14-15-19-22-24(25(26)27-2)23-20-17-16-18-21-23/h16-18,20-21,24H,3-15,19,22H2,1-2H3. The number of unbranched alkanes of at least 4 members (excludes halogenated alkanes) is 13. The lowest BCUT2D eigenvalue weighted by molar-refractivity contribution is -0.142. The van der Waals surface area contributed by atoms with Gasteiger partial charge in [0, 0.05) is 0 Å². The Labute approximate surface area is 168 Å². The summed E-state index contributed by atoms with van der Waals surface area (Å²) in [7, 11) is 1.49. The van der Waals surface area contributed by atoms with Crippen molar-refractivity contribution < 1.29 is 9.53 Å². The van der Waals surface area contributed by atoms with Gasteiger partial charge in [0.15, 0.2) is 0 Å². The molecule has 0 saturated heterocycles. The Morgan fingerprint density at radius 3 is 1.63 bits per heavy atom. The minimum atomic E-state index is -0.103. The third-order valence-electron chi connectivity index (χ3n) is 5.53. The molecule has 0 aliphatic rings. The van der Waals surface area contributed by atoms with E-state index in [4.69, 9.17) is 4.74 Å². The van der Waals surface area contributed by atoms with Crippen LogP contribution in [0.5, 0.6) is 0 Å². The zero-order chi connectivity index (χ0) is 19.6. The SMILES string of the molecule is CCCCCCCCCCCCCCCCC(C(=O)OC)c1ccccc1. The molecule has 0 aliphatic heterocycles. The van der Waals surface area contributed by atoms with Gasteiger partial charge in [0.1, 0.15) is 0 Å². The highest BCUT2D eigenvalue weighted by Gasteiger charge is 2.20. The minimum Gasteiger partial charge on any atom is -0.469 e. The zero-order valence-electron chi connectivity index (χ0n) is 17.9. The number of carbonyl (C=O) groups is 1. The second kappa shape index (κ2) is 16.8. The fourth-order valence-electron chi connectivity index (χ4n) is 3.79. The Morgan fingerprint density at radius 2 is 1.19 bits per heavy atom. The van der Waals surface area contributed by atoms with Gasteiger partial charge in [0.2, 0.25) is 0 Å². The first-order chi connectivity index (χ1) is 13.3. The van der Waals surface area contributed by atoms with Crippen LogP contribution in [0, 0.1) is 0 Å². The summed E-state index contributed by atoms with van der Waals surface area (Å²) >= 11 is 0. The van der Waals surface area contributed by atoms with E-state index in [0.717, 1.165) is 18.4 Å². The van der Waals surface area contributed by atoms with Crippen molar-refractivity contribution in [2.75, 3.05) is 7.11 Å². The summed E-state index contributed by atoms with van der Waals surface area (Å²) in [5.41, 5.74) is 1.08. The molecule has 0 spiro atoms. The molecule has 0 bridgehead atoms. The summed E-state index contributed by atoms with van der Waals surface area (Å²) in [5.74, 6) is -0.204. The van der Waals surface area contributed by atoms with Crippen LogP contribution >= 0.6 is 0 Å². The molecule has 0 aromatic heterocycles. The first-order valence-electron chi connectivity index (χ1n) is 11.4. The second-order valence-corrected chi connectivity index (χ2v) is 7.87. The number of hydrogen-bond donors (Lipinski definition) is 0. The van der Waals surface area contributed by atoms with Crippen molar-refractivity contribution in [3.8, 4) is 0 Å². The van der Waals surface area contributed by atoms with Gasteiger partial charge in [0.05, 0.1) is 13.0 Å². The van der Waals surface area contributed by atoms with Crippen LogP contribution in [0.4, 0.5) is 0 Å². The maximum atomic E-state index is 12.1. The normalized spacial score (nSPS) is 12.1. The second-order valence-electron chi connectivity index (χ2n) is 7.87. The third kappa shape index (κ3) is 11.9. The smallest absolute Gasteiger partial charge is 0.313 e. The van der Waals surface area contributed by atoms with E-state index in [-0.39, 0.29) is 11.9 Å². The number of esters is 1. The third-order valence-corrected chi connectivity index (χ3v) is 5.53. The number of ether oxygens (including phenoxy) is 1. The Hall–Kier alpha value is -1.31. The van der Waals surface area contributed by atoms with Gasteiger partial charge in [0.25, 0.3) is 0 Å². The van der Waals surface area contributed by atoms with E-state index in [1.807, 2.05) is 30.3 Å². The summed E-state index contributed by atoms with van der Waals surface area (Å²) in [5, 5.41) is 0. The molecule has 0 radical (unpaired) electrons. The molecular weight excluding hydrogens is 332 g/mol. The summed E-state index contributed by atoms with van der Waals surface area (Å²) in [6, 6.07) is 10.0. The first-order valence-corrected chi connectivity index (χ1v) is 11.4. The summed E-state index contributed by atoms with van der Waals surface area (Å²) < 4.78 is 5.00. The molecule has 1 atom stereocenters. The number of carbonyl (C=O) groups excluding carboxylic acids is 1. The first kappa shape index (κ1) is 23.7. The lowest BCUT2D eigenvalue weighted by atomic mass is 9.93. The van der Waals surface area contributed by atoms with Crippen molar-refractivity contribution in [2.24, 2.45) is 0 Å². The van der Waals surface area contributed by atoms with E-state index >= 15 is 0 Å². The summed E-state index contributed by atoms with van der Waals surface area (Å²) in [6.45, 7) is 2.28. The Bertz CT molecular complexity index is 455. The molecule has 1 unspecified atom stereocenters. The fraction of sp³-hybridized carbons (Fsp3) is 0.720. The average Bonchev–Trinajstić information content (AvgIpc) is 2.71. The monoisotopic (exact) mass is 374 g/mol. The van der Waals surface area contributed by atoms with Gasteiger partial charge in [-0.3, -0.25) is 4.79 Å². The van der Waals surface area contributed by atoms with Crippen LogP contribution < -0.4 is 0 Å². The number of methoxy groups -OCH3 is 1. The molecule has 0 saturated carbocycles. The molecule has 2 heteroatoms. The molecule has 0 aliphatic carbocycles. The average molecular weight is 375 g/mol. The molecule has 1 aromatic rings. The van der Waals surface area contributed by atoms with Crippen molar-refractivity contribution >= 4 is 5.97 Å². The molecular formula is C25H42O2. The summed E-state index contributed by atoms with van der Waals surface area (Å²) in [4.78, 5) is 12.1. The maximum Gasteiger partial charge on any atom is 0.313 e. The Balaban J connectivity index is 1.99. The molecule has 2 nitrogen and oxygen atoms in total. The fourth-order valence-corrected chi connectivity index (χ4v) is 3.79. The highest BCUT2D eigenvalue weighted by molar-refractivity contribution is 5.77. The van der Waals surface area contributed by atoms with Gasteiger partial charge >= 0.3 is 5.97 Å². The van der Waals surface area contributed by atoms with Gasteiger partial charge in [-0.05, 0) is 12.0 Å². The lowest BCUT2D eigenvalue weighted by Gasteiger charge is -2.14. The van der Waals surface area contributed by atoms with E-state index in [2.05, 4.69) is 6.92 Å². The molecule has 0 N–H and O–H groups in total. The van der Waals surface area contributed by atoms with Crippen LogP contribution in [-0.2, 0) is 9.53 Å². The van der Waals surface area contributed by atoms with E-state index in [1.165, 1.54) is 90.6 Å². The highest BCUT2D eigenvalue weighted by atomic mass is 16.5. The zero-order valence-corrected chi connectivity index (χ0v) is 17.9. The topological polar surface area (TPSA) is 26.3 Å². The van der Waals surface area contributed by atoms with Crippen molar-refractivity contribution in [3.05, 3.63) is 35.9 Å². The van der Waals surface area contributed by atoms with E-state index in [1.54, 1.807) is 0 Å². The van der Waals surface area contributed by atoms with Gasteiger partial charge in [-0.25, -0.2) is 0 Å². The predicted octanol–water partition coefficient (Wildman–Crippen LogP) is 7.81. The van der Waals surface area contributed by atoms with Crippen LogP contribution in [0.25, 0.3) is 0 Å². The van der Waals surface area contributed by atoms with Gasteiger partial charge in [-0.15, -0.1) is 0 Å². The maximum absolute atomic E-state index is 12.1. The molecule has 154 valence electrons. The number of rotatable bonds is 17. The van der Waals surface area contributed by atoms with Crippen LogP contribution in [0.15, 0.2) is 30.3 Å². The highest BCUT2D eigenvalue weighted by Crippen LogP contribution is 2.24. The Morgan fingerprint density at radius 1 is 0.741 bits per heavy atom. The van der Waals surface area contributed by atoms with Crippen LogP contribution in [0.1, 0.15) is 115 Å². The molecule has 1 aromatic carbocycles. The van der Waals surface area contributed by atoms with Crippen LogP contribution in [0.3, 0.4) is 0 Å². The summed E-state index contributed by atoms with van der Waals surface area (Å²) in [6.07, 6.45) is 19.9. The molecule has 0 heterocycles. The Kier molecular flexibility index (Phi) is 14.8.